The molecule has 112 valence electrons. The van der Waals surface area contributed by atoms with E-state index >= 15 is 0 Å². The minimum Gasteiger partial charge on any atom is -0.444 e. The minimum absolute atomic E-state index is 0.340. The number of carbonyl (C=O) groups excluding carboxylic acids is 1. The van der Waals surface area contributed by atoms with Gasteiger partial charge in [0.05, 0.1) is 0 Å². The van der Waals surface area contributed by atoms with Crippen molar-refractivity contribution in [2.75, 3.05) is 32.7 Å². The fraction of sp³-hybridized carbons (Fsp3) is 0.929. The Labute approximate surface area is 116 Å². The third kappa shape index (κ3) is 8.83. The highest BCUT2D eigenvalue weighted by atomic mass is 16.6. The van der Waals surface area contributed by atoms with Crippen LogP contribution in [-0.4, -0.2) is 44.4 Å². The van der Waals surface area contributed by atoms with Gasteiger partial charge in [-0.2, -0.15) is 0 Å². The van der Waals surface area contributed by atoms with Crippen LogP contribution >= 0.6 is 0 Å². The summed E-state index contributed by atoms with van der Waals surface area (Å²) < 4.78 is 5.15. The monoisotopic (exact) mass is 271 g/mol. The molecule has 0 aromatic rings. The number of hydrogen-bond acceptors (Lipinski definition) is 4. The molecule has 1 aliphatic rings. The van der Waals surface area contributed by atoms with Crippen LogP contribution in [0.25, 0.3) is 0 Å². The molecule has 1 aliphatic heterocycles. The van der Waals surface area contributed by atoms with Gasteiger partial charge in [0.1, 0.15) is 5.60 Å². The quantitative estimate of drug-likeness (QED) is 0.641. The number of carbonyl (C=O) groups is 1. The third-order valence-corrected chi connectivity index (χ3v) is 3.16. The van der Waals surface area contributed by atoms with E-state index in [1.807, 2.05) is 20.8 Å². The van der Waals surface area contributed by atoms with Crippen molar-refractivity contribution in [1.82, 2.24) is 16.0 Å². The lowest BCUT2D eigenvalue weighted by atomic mass is 9.95. The number of nitrogens with one attached hydrogen (secondary N) is 3. The van der Waals surface area contributed by atoms with Crippen molar-refractivity contribution in [2.45, 2.75) is 45.6 Å². The number of hydrogen-bond donors (Lipinski definition) is 3. The van der Waals surface area contributed by atoms with Crippen molar-refractivity contribution < 1.29 is 9.53 Å². The summed E-state index contributed by atoms with van der Waals surface area (Å²) in [5.74, 6) is 0.854. The Morgan fingerprint density at radius 2 is 1.89 bits per heavy atom. The van der Waals surface area contributed by atoms with Gasteiger partial charge in [-0.25, -0.2) is 4.79 Å². The predicted octanol–water partition coefficient (Wildman–Crippen LogP) is 1.49. The molecular formula is C14H29N3O2. The SMILES string of the molecule is CC(C)(C)OC(=O)NCCNCCC1CCNCC1. The maximum absolute atomic E-state index is 11.4. The number of rotatable bonds is 6. The fourth-order valence-corrected chi connectivity index (χ4v) is 2.17. The van der Waals surface area contributed by atoms with E-state index in [9.17, 15) is 4.79 Å². The molecule has 0 atom stereocenters. The molecule has 0 aromatic carbocycles. The van der Waals surface area contributed by atoms with E-state index in [4.69, 9.17) is 4.74 Å². The summed E-state index contributed by atoms with van der Waals surface area (Å²) in [6, 6.07) is 0. The van der Waals surface area contributed by atoms with Gasteiger partial charge in [0.15, 0.2) is 0 Å². The molecule has 1 amide bonds. The van der Waals surface area contributed by atoms with Crippen molar-refractivity contribution in [3.05, 3.63) is 0 Å². The second-order valence-corrected chi connectivity index (χ2v) is 6.16. The van der Waals surface area contributed by atoms with Crippen molar-refractivity contribution in [2.24, 2.45) is 5.92 Å². The lowest BCUT2D eigenvalue weighted by molar-refractivity contribution is 0.0528. The Kier molecular flexibility index (Phi) is 7.16. The maximum atomic E-state index is 11.4. The molecule has 0 radical (unpaired) electrons. The molecule has 0 saturated carbocycles. The molecule has 3 N–H and O–H groups in total. The van der Waals surface area contributed by atoms with Crippen LogP contribution < -0.4 is 16.0 Å². The zero-order valence-electron chi connectivity index (χ0n) is 12.6. The molecule has 1 fully saturated rings. The summed E-state index contributed by atoms with van der Waals surface area (Å²) in [6.07, 6.45) is 3.47. The zero-order valence-corrected chi connectivity index (χ0v) is 12.6. The van der Waals surface area contributed by atoms with Crippen LogP contribution in [0.5, 0.6) is 0 Å². The number of amides is 1. The summed E-state index contributed by atoms with van der Waals surface area (Å²) in [6.45, 7) is 10.3. The lowest BCUT2D eigenvalue weighted by Gasteiger charge is -2.22. The first kappa shape index (κ1) is 16.2. The van der Waals surface area contributed by atoms with Crippen LogP contribution in [-0.2, 0) is 4.74 Å². The topological polar surface area (TPSA) is 62.4 Å². The highest BCUT2D eigenvalue weighted by molar-refractivity contribution is 5.67. The predicted molar refractivity (Wildman–Crippen MR) is 77.3 cm³/mol. The van der Waals surface area contributed by atoms with Crippen LogP contribution in [0.15, 0.2) is 0 Å². The van der Waals surface area contributed by atoms with Crippen molar-refractivity contribution in [3.8, 4) is 0 Å². The van der Waals surface area contributed by atoms with Gasteiger partial charge in [0.2, 0.25) is 0 Å². The van der Waals surface area contributed by atoms with E-state index in [1.54, 1.807) is 0 Å². The van der Waals surface area contributed by atoms with Crippen molar-refractivity contribution in [1.29, 1.82) is 0 Å². The van der Waals surface area contributed by atoms with Gasteiger partial charge >= 0.3 is 6.09 Å². The van der Waals surface area contributed by atoms with Crippen molar-refractivity contribution in [3.63, 3.8) is 0 Å². The minimum atomic E-state index is -0.424. The summed E-state index contributed by atoms with van der Waals surface area (Å²) in [5, 5.41) is 9.48. The summed E-state index contributed by atoms with van der Waals surface area (Å²) in [5.41, 5.74) is -0.424. The second kappa shape index (κ2) is 8.38. The molecule has 0 unspecified atom stereocenters. The number of alkyl carbamates (subject to hydrolysis) is 1. The highest BCUT2D eigenvalue weighted by Gasteiger charge is 2.15. The first-order valence-corrected chi connectivity index (χ1v) is 7.35. The van der Waals surface area contributed by atoms with Gasteiger partial charge in [-0.1, -0.05) is 0 Å². The Morgan fingerprint density at radius 3 is 2.53 bits per heavy atom. The number of piperidine rings is 1. The molecule has 0 bridgehead atoms. The second-order valence-electron chi connectivity index (χ2n) is 6.16. The van der Waals surface area contributed by atoms with E-state index in [1.165, 1.54) is 19.3 Å². The van der Waals surface area contributed by atoms with E-state index in [-0.39, 0.29) is 6.09 Å². The van der Waals surface area contributed by atoms with E-state index in [0.29, 0.717) is 6.54 Å². The molecule has 0 aromatic heterocycles. The average molecular weight is 271 g/mol. The van der Waals surface area contributed by atoms with Gasteiger partial charge < -0.3 is 20.7 Å². The molecule has 1 rings (SSSR count). The Balaban J connectivity index is 1.92. The largest absolute Gasteiger partial charge is 0.444 e. The number of ether oxygens (including phenoxy) is 1. The summed E-state index contributed by atoms with van der Waals surface area (Å²) in [4.78, 5) is 11.4. The highest BCUT2D eigenvalue weighted by Crippen LogP contribution is 2.14. The normalized spacial score (nSPS) is 17.2. The molecule has 0 aliphatic carbocycles. The van der Waals surface area contributed by atoms with Crippen LogP contribution in [0.2, 0.25) is 0 Å². The smallest absolute Gasteiger partial charge is 0.407 e. The standard InChI is InChI=1S/C14H29N3O2/c1-14(2,3)19-13(18)17-11-10-16-9-6-12-4-7-15-8-5-12/h12,15-16H,4-11H2,1-3H3,(H,17,18). The third-order valence-electron chi connectivity index (χ3n) is 3.16. The van der Waals surface area contributed by atoms with Gasteiger partial charge in [0, 0.05) is 13.1 Å². The van der Waals surface area contributed by atoms with E-state index in [0.717, 1.165) is 32.1 Å². The lowest BCUT2D eigenvalue weighted by Crippen LogP contribution is -2.37. The Morgan fingerprint density at radius 1 is 1.21 bits per heavy atom. The average Bonchev–Trinajstić information content (AvgIpc) is 2.32. The summed E-state index contributed by atoms with van der Waals surface area (Å²) >= 11 is 0. The van der Waals surface area contributed by atoms with Crippen LogP contribution in [0.1, 0.15) is 40.0 Å². The van der Waals surface area contributed by atoms with Crippen molar-refractivity contribution >= 4 is 6.09 Å². The van der Waals surface area contributed by atoms with Crippen LogP contribution in [0.4, 0.5) is 4.79 Å². The molecule has 1 heterocycles. The van der Waals surface area contributed by atoms with Crippen LogP contribution in [0.3, 0.4) is 0 Å². The van der Waals surface area contributed by atoms with Gasteiger partial charge in [-0.3, -0.25) is 0 Å². The summed E-state index contributed by atoms with van der Waals surface area (Å²) in [7, 11) is 0. The van der Waals surface area contributed by atoms with Gasteiger partial charge in [-0.05, 0) is 65.6 Å². The first-order valence-electron chi connectivity index (χ1n) is 7.35. The molecular weight excluding hydrogens is 242 g/mol. The molecule has 5 heteroatoms. The van der Waals surface area contributed by atoms with Gasteiger partial charge in [0.25, 0.3) is 0 Å². The Hall–Kier alpha value is -0.810. The van der Waals surface area contributed by atoms with Crippen LogP contribution in [0, 0.1) is 5.92 Å². The Bertz CT molecular complexity index is 258. The maximum Gasteiger partial charge on any atom is 0.407 e. The molecule has 19 heavy (non-hydrogen) atoms. The van der Waals surface area contributed by atoms with Gasteiger partial charge in [-0.15, -0.1) is 0 Å². The van der Waals surface area contributed by atoms with E-state index in [2.05, 4.69) is 16.0 Å². The van der Waals surface area contributed by atoms with E-state index < -0.39 is 5.60 Å². The fourth-order valence-electron chi connectivity index (χ4n) is 2.17. The zero-order chi connectivity index (χ0) is 14.1. The molecule has 1 saturated heterocycles. The molecule has 5 nitrogen and oxygen atoms in total. The first-order chi connectivity index (χ1) is 8.97. The molecule has 0 spiro atoms.